The molecule has 9 nitrogen and oxygen atoms in total. The largest absolute Gasteiger partial charge is 0.481 e. The Morgan fingerprint density at radius 2 is 1.76 bits per heavy atom. The van der Waals surface area contributed by atoms with E-state index < -0.39 is 11.9 Å². The molecule has 1 saturated heterocycles. The molecule has 12 atom stereocenters. The SMILES string of the molecule is CN[C@@](C)(CO[C@H]1[C@H](n2ncnc2-c2ccncc2)C[C@@]23COC[C@@]1(C)[C@@H]2CC[C@H]1C3=CC[C@@]2(C)[C@H](C(=O)O)[C@@](C)([C@H](C)C(C)C)CC[C@]12C)C(C)(C)C. The molecule has 5 aliphatic rings. The molecule has 298 valence electrons. The summed E-state index contributed by atoms with van der Waals surface area (Å²) < 4.78 is 16.4. The number of nitrogens with zero attached hydrogens (tertiary/aromatic N) is 4. The summed E-state index contributed by atoms with van der Waals surface area (Å²) in [5.74, 6) is 1.19. The zero-order valence-corrected chi connectivity index (χ0v) is 35.3. The van der Waals surface area contributed by atoms with Gasteiger partial charge in [-0.25, -0.2) is 9.67 Å². The molecule has 9 heteroatoms. The maximum atomic E-state index is 13.6. The van der Waals surface area contributed by atoms with Crippen molar-refractivity contribution in [1.29, 1.82) is 0 Å². The molecular weight excluding hydrogens is 675 g/mol. The summed E-state index contributed by atoms with van der Waals surface area (Å²) >= 11 is 0. The number of hydrogen-bond acceptors (Lipinski definition) is 7. The molecule has 0 radical (unpaired) electrons. The van der Waals surface area contributed by atoms with Crippen molar-refractivity contribution in [3.63, 3.8) is 0 Å². The highest BCUT2D eigenvalue weighted by Gasteiger charge is 2.72. The van der Waals surface area contributed by atoms with E-state index in [-0.39, 0.29) is 50.2 Å². The lowest BCUT2D eigenvalue weighted by Crippen LogP contribution is -2.69. The average Bonchev–Trinajstić information content (AvgIpc) is 3.60. The van der Waals surface area contributed by atoms with E-state index in [0.717, 1.165) is 49.9 Å². The first-order valence-electron chi connectivity index (χ1n) is 20.9. The zero-order chi connectivity index (χ0) is 39.3. The van der Waals surface area contributed by atoms with Gasteiger partial charge in [-0.3, -0.25) is 9.78 Å². The van der Waals surface area contributed by atoms with Gasteiger partial charge >= 0.3 is 5.97 Å². The molecule has 2 bridgehead atoms. The third kappa shape index (κ3) is 5.47. The van der Waals surface area contributed by atoms with Gasteiger partial charge in [0.15, 0.2) is 5.82 Å². The molecular formula is C45H69N5O4. The smallest absolute Gasteiger partial charge is 0.307 e. The average molecular weight is 744 g/mol. The maximum Gasteiger partial charge on any atom is 0.307 e. The van der Waals surface area contributed by atoms with Crippen molar-refractivity contribution in [2.75, 3.05) is 26.9 Å². The Bertz CT molecular complexity index is 1750. The van der Waals surface area contributed by atoms with Gasteiger partial charge in [0.2, 0.25) is 0 Å². The lowest BCUT2D eigenvalue weighted by atomic mass is 9.34. The standard InChI is InChI=1S/C45H69N5O4/c1-28(2)29(3)40(7)19-20-42(9)31-13-14-34-41(8)24-53-26-45(34,32(31)15-18-43(42,10)35(40)38(51)52)23-33(36(41)54-25-44(11,46-12)39(4,5)6)50-37(48-27-49-50)30-16-21-47-22-17-30/h15-17,21-22,27-29,31,33-36,46H,13-14,18-20,23-26H2,1-12H3,(H,51,52)/t29-,31+,33-,34+,35-,36+,40-,41+,42-,43+,44+,45+/m1/s1. The molecule has 0 amide bonds. The van der Waals surface area contributed by atoms with Gasteiger partial charge in [0.25, 0.3) is 0 Å². The Morgan fingerprint density at radius 1 is 1.06 bits per heavy atom. The Kier molecular flexibility index (Phi) is 9.70. The van der Waals surface area contributed by atoms with Crippen LogP contribution in [0.3, 0.4) is 0 Å². The van der Waals surface area contributed by atoms with Crippen molar-refractivity contribution in [3.05, 3.63) is 42.5 Å². The van der Waals surface area contributed by atoms with Gasteiger partial charge < -0.3 is 19.9 Å². The number of aliphatic carboxylic acids is 1. The van der Waals surface area contributed by atoms with E-state index in [2.05, 4.69) is 97.2 Å². The fraction of sp³-hybridized carbons (Fsp3) is 0.778. The van der Waals surface area contributed by atoms with Crippen LogP contribution >= 0.6 is 0 Å². The van der Waals surface area contributed by atoms with Crippen molar-refractivity contribution in [2.45, 2.75) is 132 Å². The summed E-state index contributed by atoms with van der Waals surface area (Å²) in [5, 5.41) is 19.8. The van der Waals surface area contributed by atoms with Crippen molar-refractivity contribution in [1.82, 2.24) is 25.1 Å². The van der Waals surface area contributed by atoms with Crippen LogP contribution in [-0.2, 0) is 14.3 Å². The van der Waals surface area contributed by atoms with Crippen LogP contribution in [0.2, 0.25) is 0 Å². The summed E-state index contributed by atoms with van der Waals surface area (Å²) in [5.41, 5.74) is 0.923. The third-order valence-corrected chi connectivity index (χ3v) is 17.7. The number of carbonyl (C=O) groups is 1. The topological polar surface area (TPSA) is 111 Å². The molecule has 2 aromatic rings. The fourth-order valence-corrected chi connectivity index (χ4v) is 13.2. The quantitative estimate of drug-likeness (QED) is 0.245. The molecule has 4 fully saturated rings. The van der Waals surface area contributed by atoms with Crippen LogP contribution in [0.4, 0.5) is 0 Å². The fourth-order valence-electron chi connectivity index (χ4n) is 13.2. The van der Waals surface area contributed by atoms with E-state index in [1.165, 1.54) is 5.57 Å². The van der Waals surface area contributed by atoms with Gasteiger partial charge in [0.1, 0.15) is 6.33 Å². The summed E-state index contributed by atoms with van der Waals surface area (Å²) in [7, 11) is 2.04. The number of nitrogens with one attached hydrogen (secondary N) is 1. The normalized spacial score (nSPS) is 40.8. The van der Waals surface area contributed by atoms with Crippen LogP contribution in [0, 0.1) is 62.1 Å². The highest BCUT2D eigenvalue weighted by molar-refractivity contribution is 5.73. The first kappa shape index (κ1) is 39.6. The number of pyridine rings is 1. The molecule has 0 spiro atoms. The molecule has 2 N–H and O–H groups in total. The highest BCUT2D eigenvalue weighted by atomic mass is 16.5. The van der Waals surface area contributed by atoms with E-state index in [1.807, 2.05) is 31.6 Å². The van der Waals surface area contributed by atoms with Crippen LogP contribution in [0.1, 0.15) is 121 Å². The number of fused-ring (bicyclic) bond motifs is 3. The van der Waals surface area contributed by atoms with E-state index >= 15 is 0 Å². The Balaban J connectivity index is 1.35. The van der Waals surface area contributed by atoms with Crippen molar-refractivity contribution in [3.8, 4) is 11.4 Å². The number of carboxylic acid groups (broad SMARTS) is 1. The van der Waals surface area contributed by atoms with Crippen LogP contribution in [-0.4, -0.2) is 69.3 Å². The second-order valence-corrected chi connectivity index (χ2v) is 20.9. The van der Waals surface area contributed by atoms with Crippen LogP contribution in [0.5, 0.6) is 0 Å². The maximum absolute atomic E-state index is 13.6. The van der Waals surface area contributed by atoms with Gasteiger partial charge in [-0.15, -0.1) is 0 Å². The first-order chi connectivity index (χ1) is 25.2. The minimum atomic E-state index is -0.618. The second-order valence-electron chi connectivity index (χ2n) is 20.9. The van der Waals surface area contributed by atoms with E-state index in [4.69, 9.17) is 19.6 Å². The lowest BCUT2D eigenvalue weighted by molar-refractivity contribution is -0.253. The molecule has 1 aliphatic heterocycles. The van der Waals surface area contributed by atoms with Crippen LogP contribution in [0.25, 0.3) is 11.4 Å². The molecule has 3 heterocycles. The van der Waals surface area contributed by atoms with Crippen LogP contribution < -0.4 is 5.32 Å². The summed E-state index contributed by atoms with van der Waals surface area (Å²) in [4.78, 5) is 22.7. The first-order valence-corrected chi connectivity index (χ1v) is 20.9. The van der Waals surface area contributed by atoms with Gasteiger partial charge in [-0.05, 0) is 110 Å². The summed E-state index contributed by atoms with van der Waals surface area (Å²) in [6.07, 6.45) is 13.5. The number of ether oxygens (including phenoxy) is 2. The number of allylic oxidation sites excluding steroid dienone is 1. The minimum absolute atomic E-state index is 0.0427. The van der Waals surface area contributed by atoms with Crippen molar-refractivity contribution in [2.24, 2.45) is 62.1 Å². The highest BCUT2D eigenvalue weighted by Crippen LogP contribution is 2.75. The monoisotopic (exact) mass is 744 g/mol. The Hall–Kier alpha value is -2.62. The van der Waals surface area contributed by atoms with E-state index in [1.54, 1.807) is 6.33 Å². The molecule has 4 aliphatic carbocycles. The molecule has 7 rings (SSSR count). The number of carboxylic acids is 1. The predicted molar refractivity (Wildman–Crippen MR) is 213 cm³/mol. The van der Waals surface area contributed by atoms with Crippen molar-refractivity contribution >= 4 is 5.97 Å². The molecule has 0 unspecified atom stereocenters. The Morgan fingerprint density at radius 3 is 2.39 bits per heavy atom. The number of rotatable bonds is 9. The zero-order valence-electron chi connectivity index (χ0n) is 35.3. The predicted octanol–water partition coefficient (Wildman–Crippen LogP) is 8.88. The number of hydrogen-bond donors (Lipinski definition) is 2. The molecule has 54 heavy (non-hydrogen) atoms. The molecule has 3 saturated carbocycles. The van der Waals surface area contributed by atoms with Gasteiger partial charge in [0, 0.05) is 34.3 Å². The lowest BCUT2D eigenvalue weighted by Gasteiger charge is -2.71. The van der Waals surface area contributed by atoms with E-state index in [9.17, 15) is 9.90 Å². The summed E-state index contributed by atoms with van der Waals surface area (Å²) in [6, 6.07) is 3.94. The third-order valence-electron chi connectivity index (χ3n) is 17.7. The molecule has 2 aromatic heterocycles. The summed E-state index contributed by atoms with van der Waals surface area (Å²) in [6.45, 7) is 27.3. The number of likely N-dealkylation sites (N-methyl/N-ethyl adjacent to an activating group) is 1. The minimum Gasteiger partial charge on any atom is -0.481 e. The van der Waals surface area contributed by atoms with Crippen LogP contribution in [0.15, 0.2) is 42.5 Å². The van der Waals surface area contributed by atoms with Gasteiger partial charge in [-0.1, -0.05) is 80.9 Å². The van der Waals surface area contributed by atoms with Gasteiger partial charge in [-0.2, -0.15) is 5.10 Å². The van der Waals surface area contributed by atoms with E-state index in [0.29, 0.717) is 43.5 Å². The second kappa shape index (κ2) is 13.2. The Labute approximate surface area is 324 Å². The van der Waals surface area contributed by atoms with Crippen molar-refractivity contribution < 1.29 is 19.4 Å². The number of aromatic nitrogens is 4. The molecule has 0 aromatic carbocycles. The van der Waals surface area contributed by atoms with Gasteiger partial charge in [0.05, 0.1) is 37.9 Å².